The Bertz CT molecular complexity index is 1060. The Kier molecular flexibility index (Phi) is 6.77. The van der Waals surface area contributed by atoms with Crippen LogP contribution in [0, 0.1) is 0 Å². The van der Waals surface area contributed by atoms with Gasteiger partial charge in [-0.3, -0.25) is 0 Å². The first-order valence-corrected chi connectivity index (χ1v) is 10.8. The SMILES string of the molecule is COc1ccc(OCCSc2nc3ccccc3n2CCOc2ccccc2)cc1. The molecule has 6 heteroatoms. The minimum absolute atomic E-state index is 0.584. The highest BCUT2D eigenvalue weighted by Crippen LogP contribution is 2.25. The van der Waals surface area contributed by atoms with Crippen LogP contribution in [-0.2, 0) is 6.54 Å². The van der Waals surface area contributed by atoms with Crippen LogP contribution in [0.15, 0.2) is 84.0 Å². The summed E-state index contributed by atoms with van der Waals surface area (Å²) >= 11 is 1.69. The predicted octanol–water partition coefficient (Wildman–Crippen LogP) is 5.30. The minimum atomic E-state index is 0.584. The van der Waals surface area contributed by atoms with Crippen molar-refractivity contribution >= 4 is 22.8 Å². The number of benzene rings is 3. The largest absolute Gasteiger partial charge is 0.497 e. The first-order valence-electron chi connectivity index (χ1n) is 9.86. The van der Waals surface area contributed by atoms with Crippen molar-refractivity contribution in [1.29, 1.82) is 0 Å². The first kappa shape index (κ1) is 20.2. The molecule has 4 rings (SSSR count). The fourth-order valence-electron chi connectivity index (χ4n) is 3.12. The van der Waals surface area contributed by atoms with Crippen molar-refractivity contribution in [3.05, 3.63) is 78.9 Å². The maximum atomic E-state index is 5.89. The molecule has 3 aromatic carbocycles. The molecule has 0 radical (unpaired) electrons. The number of nitrogens with zero attached hydrogens (tertiary/aromatic N) is 2. The van der Waals surface area contributed by atoms with Crippen LogP contribution in [-0.4, -0.2) is 35.6 Å². The minimum Gasteiger partial charge on any atom is -0.497 e. The molecule has 0 fully saturated rings. The molecule has 0 atom stereocenters. The van der Waals surface area contributed by atoms with Gasteiger partial charge in [0.1, 0.15) is 23.9 Å². The van der Waals surface area contributed by atoms with Gasteiger partial charge in [0.05, 0.1) is 31.3 Å². The standard InChI is InChI=1S/C24H24N2O3S/c1-27-19-11-13-21(14-12-19)29-17-18-30-24-25-22-9-5-6-10-23(22)26(24)15-16-28-20-7-3-2-4-8-20/h2-14H,15-18H2,1H3. The van der Waals surface area contributed by atoms with Crippen molar-refractivity contribution in [2.75, 3.05) is 26.1 Å². The van der Waals surface area contributed by atoms with Crippen molar-refractivity contribution in [2.24, 2.45) is 0 Å². The van der Waals surface area contributed by atoms with Gasteiger partial charge in [-0.1, -0.05) is 42.1 Å². The third-order valence-corrected chi connectivity index (χ3v) is 5.53. The number of ether oxygens (including phenoxy) is 3. The van der Waals surface area contributed by atoms with Gasteiger partial charge in [0.2, 0.25) is 0 Å². The normalized spacial score (nSPS) is 10.8. The Labute approximate surface area is 180 Å². The van der Waals surface area contributed by atoms with Gasteiger partial charge in [-0.15, -0.1) is 0 Å². The zero-order valence-corrected chi connectivity index (χ0v) is 17.7. The molecule has 30 heavy (non-hydrogen) atoms. The smallest absolute Gasteiger partial charge is 0.169 e. The van der Waals surface area contributed by atoms with Crippen LogP contribution < -0.4 is 14.2 Å². The number of fused-ring (bicyclic) bond motifs is 1. The Morgan fingerprint density at radius 3 is 2.23 bits per heavy atom. The quantitative estimate of drug-likeness (QED) is 0.257. The maximum absolute atomic E-state index is 5.89. The second-order valence-corrected chi connectivity index (χ2v) is 7.63. The number of imidazole rings is 1. The van der Waals surface area contributed by atoms with E-state index in [-0.39, 0.29) is 0 Å². The third kappa shape index (κ3) is 5.07. The predicted molar refractivity (Wildman–Crippen MR) is 121 cm³/mol. The van der Waals surface area contributed by atoms with Crippen LogP contribution in [0.2, 0.25) is 0 Å². The zero-order chi connectivity index (χ0) is 20.6. The van der Waals surface area contributed by atoms with Crippen LogP contribution in [0.1, 0.15) is 0 Å². The van der Waals surface area contributed by atoms with E-state index in [1.54, 1.807) is 18.9 Å². The van der Waals surface area contributed by atoms with E-state index in [1.165, 1.54) is 0 Å². The van der Waals surface area contributed by atoms with Gasteiger partial charge in [0, 0.05) is 5.75 Å². The monoisotopic (exact) mass is 420 g/mol. The summed E-state index contributed by atoms with van der Waals surface area (Å²) in [5.41, 5.74) is 2.11. The average molecular weight is 421 g/mol. The highest BCUT2D eigenvalue weighted by atomic mass is 32.2. The van der Waals surface area contributed by atoms with Gasteiger partial charge in [-0.25, -0.2) is 4.98 Å². The Hall–Kier alpha value is -3.12. The lowest BCUT2D eigenvalue weighted by atomic mass is 10.3. The summed E-state index contributed by atoms with van der Waals surface area (Å²) in [7, 11) is 1.66. The summed E-state index contributed by atoms with van der Waals surface area (Å²) in [4.78, 5) is 4.80. The van der Waals surface area contributed by atoms with Crippen molar-refractivity contribution in [3.63, 3.8) is 0 Å². The van der Waals surface area contributed by atoms with Crippen molar-refractivity contribution in [3.8, 4) is 17.2 Å². The summed E-state index contributed by atoms with van der Waals surface area (Å²) in [6.45, 7) is 1.91. The molecule has 0 saturated heterocycles. The number of methoxy groups -OCH3 is 1. The zero-order valence-electron chi connectivity index (χ0n) is 16.9. The van der Waals surface area contributed by atoms with Gasteiger partial charge in [0.25, 0.3) is 0 Å². The summed E-state index contributed by atoms with van der Waals surface area (Å²) in [5, 5.41) is 0.978. The third-order valence-electron chi connectivity index (χ3n) is 4.59. The van der Waals surface area contributed by atoms with Crippen LogP contribution in [0.3, 0.4) is 0 Å². The molecule has 1 heterocycles. The van der Waals surface area contributed by atoms with E-state index >= 15 is 0 Å². The molecule has 0 amide bonds. The molecule has 0 aliphatic carbocycles. The van der Waals surface area contributed by atoms with Gasteiger partial charge in [0.15, 0.2) is 5.16 Å². The molecular weight excluding hydrogens is 396 g/mol. The Morgan fingerprint density at radius 1 is 0.767 bits per heavy atom. The molecule has 5 nitrogen and oxygen atoms in total. The molecule has 154 valence electrons. The number of thioether (sulfide) groups is 1. The van der Waals surface area contributed by atoms with Gasteiger partial charge in [-0.05, 0) is 48.5 Å². The molecule has 4 aromatic rings. The lowest BCUT2D eigenvalue weighted by molar-refractivity contribution is 0.295. The molecule has 0 aliphatic rings. The summed E-state index contributed by atoms with van der Waals surface area (Å²) in [6.07, 6.45) is 0. The topological polar surface area (TPSA) is 45.5 Å². The Balaban J connectivity index is 1.36. The van der Waals surface area contributed by atoms with E-state index in [2.05, 4.69) is 10.6 Å². The fraction of sp³-hybridized carbons (Fsp3) is 0.208. The summed E-state index contributed by atoms with van der Waals surface area (Å²) in [6, 6.07) is 25.7. The van der Waals surface area contributed by atoms with E-state index in [1.807, 2.05) is 72.8 Å². The van der Waals surface area contributed by atoms with Crippen molar-refractivity contribution in [1.82, 2.24) is 9.55 Å². The molecule has 0 bridgehead atoms. The number of hydrogen-bond acceptors (Lipinski definition) is 5. The van der Waals surface area contributed by atoms with Crippen LogP contribution in [0.4, 0.5) is 0 Å². The van der Waals surface area contributed by atoms with E-state index < -0.39 is 0 Å². The highest BCUT2D eigenvalue weighted by Gasteiger charge is 2.11. The maximum Gasteiger partial charge on any atom is 0.169 e. The van der Waals surface area contributed by atoms with Crippen molar-refractivity contribution < 1.29 is 14.2 Å². The van der Waals surface area contributed by atoms with E-state index in [4.69, 9.17) is 19.2 Å². The Morgan fingerprint density at radius 2 is 1.43 bits per heavy atom. The number of rotatable bonds is 10. The summed E-state index contributed by atoms with van der Waals surface area (Å²) < 4.78 is 19.1. The molecule has 1 aromatic heterocycles. The lowest BCUT2D eigenvalue weighted by Crippen LogP contribution is -2.10. The number of aromatic nitrogens is 2. The second kappa shape index (κ2) is 10.1. The first-order chi connectivity index (χ1) is 14.8. The van der Waals surface area contributed by atoms with E-state index in [0.717, 1.165) is 45.7 Å². The molecular formula is C24H24N2O3S. The average Bonchev–Trinajstić information content (AvgIpc) is 3.15. The van der Waals surface area contributed by atoms with E-state index in [9.17, 15) is 0 Å². The summed E-state index contributed by atoms with van der Waals surface area (Å²) in [5.74, 6) is 3.34. The number of hydrogen-bond donors (Lipinski definition) is 0. The fourth-order valence-corrected chi connectivity index (χ4v) is 3.97. The highest BCUT2D eigenvalue weighted by molar-refractivity contribution is 7.99. The lowest BCUT2D eigenvalue weighted by Gasteiger charge is -2.11. The van der Waals surface area contributed by atoms with Gasteiger partial charge in [-0.2, -0.15) is 0 Å². The van der Waals surface area contributed by atoms with Crippen LogP contribution in [0.25, 0.3) is 11.0 Å². The molecule has 0 saturated carbocycles. The second-order valence-electron chi connectivity index (χ2n) is 6.57. The van der Waals surface area contributed by atoms with Crippen LogP contribution in [0.5, 0.6) is 17.2 Å². The van der Waals surface area contributed by atoms with Gasteiger partial charge >= 0.3 is 0 Å². The molecule has 0 spiro atoms. The molecule has 0 aliphatic heterocycles. The van der Waals surface area contributed by atoms with E-state index in [0.29, 0.717) is 13.2 Å². The molecule has 0 N–H and O–H groups in total. The van der Waals surface area contributed by atoms with Gasteiger partial charge < -0.3 is 18.8 Å². The van der Waals surface area contributed by atoms with Crippen LogP contribution >= 0.6 is 11.8 Å². The number of para-hydroxylation sites is 3. The van der Waals surface area contributed by atoms with Crippen molar-refractivity contribution in [2.45, 2.75) is 11.7 Å². The molecule has 0 unspecified atom stereocenters.